The number of nitrogens with zero attached hydrogens (tertiary/aromatic N) is 1. The van der Waals surface area contributed by atoms with Crippen molar-refractivity contribution < 1.29 is 4.79 Å². The molecule has 0 aliphatic heterocycles. The Labute approximate surface area is 104 Å². The van der Waals surface area contributed by atoms with Crippen LogP contribution in [0.25, 0.3) is 10.9 Å². The van der Waals surface area contributed by atoms with Crippen molar-refractivity contribution in [3.63, 3.8) is 0 Å². The maximum atomic E-state index is 11.8. The van der Waals surface area contributed by atoms with Crippen LogP contribution < -0.4 is 5.32 Å². The first kappa shape index (κ1) is 11.7. The maximum Gasteiger partial charge on any atom is 0.267 e. The molecule has 0 aromatic carbocycles. The van der Waals surface area contributed by atoms with E-state index >= 15 is 0 Å². The van der Waals surface area contributed by atoms with Gasteiger partial charge in [0.2, 0.25) is 0 Å². The van der Waals surface area contributed by atoms with E-state index in [1.165, 1.54) is 0 Å². The van der Waals surface area contributed by atoms with Gasteiger partial charge in [0.15, 0.2) is 5.15 Å². The molecule has 0 radical (unpaired) electrons. The quantitative estimate of drug-likeness (QED) is 0.497. The maximum absolute atomic E-state index is 11.8. The fourth-order valence-corrected chi connectivity index (χ4v) is 1.74. The summed E-state index contributed by atoms with van der Waals surface area (Å²) in [7, 11) is 0. The molecule has 0 unspecified atom stereocenters. The van der Waals surface area contributed by atoms with Gasteiger partial charge in [0.1, 0.15) is 5.69 Å². The van der Waals surface area contributed by atoms with Crippen molar-refractivity contribution in [2.45, 2.75) is 6.42 Å². The number of pyridine rings is 1. The van der Waals surface area contributed by atoms with Gasteiger partial charge in [-0.2, -0.15) is 0 Å². The third kappa shape index (κ3) is 2.47. The highest BCUT2D eigenvalue weighted by Crippen LogP contribution is 2.20. The normalized spacial score (nSPS) is 10.4. The average molecular weight is 250 g/mol. The Bertz CT molecular complexity index is 562. The SMILES string of the molecule is C=CCCNC(=O)c1cc2ccnc(Cl)c2[nH]1. The lowest BCUT2D eigenvalue weighted by atomic mass is 10.3. The molecule has 2 aromatic heterocycles. The highest BCUT2D eigenvalue weighted by Gasteiger charge is 2.10. The van der Waals surface area contributed by atoms with E-state index in [9.17, 15) is 4.79 Å². The van der Waals surface area contributed by atoms with Crippen LogP contribution in [0.4, 0.5) is 0 Å². The number of carbonyl (C=O) groups excluding carboxylic acids is 1. The van der Waals surface area contributed by atoms with Crippen LogP contribution in [-0.2, 0) is 0 Å². The number of aromatic nitrogens is 2. The zero-order chi connectivity index (χ0) is 12.3. The molecule has 4 nitrogen and oxygen atoms in total. The number of nitrogens with one attached hydrogen (secondary N) is 2. The summed E-state index contributed by atoms with van der Waals surface area (Å²) in [5.41, 5.74) is 1.17. The monoisotopic (exact) mass is 249 g/mol. The number of hydrogen-bond acceptors (Lipinski definition) is 2. The molecule has 0 saturated heterocycles. The topological polar surface area (TPSA) is 57.8 Å². The summed E-state index contributed by atoms with van der Waals surface area (Å²) in [4.78, 5) is 18.7. The molecule has 2 N–H and O–H groups in total. The largest absolute Gasteiger partial charge is 0.350 e. The summed E-state index contributed by atoms with van der Waals surface area (Å²) in [6.45, 7) is 4.16. The van der Waals surface area contributed by atoms with Crippen molar-refractivity contribution in [1.82, 2.24) is 15.3 Å². The molecule has 17 heavy (non-hydrogen) atoms. The molecule has 0 atom stereocenters. The van der Waals surface area contributed by atoms with Crippen LogP contribution in [0.15, 0.2) is 31.0 Å². The Kier molecular flexibility index (Phi) is 3.44. The molecule has 2 heterocycles. The number of halogens is 1. The molecule has 5 heteroatoms. The number of aromatic amines is 1. The lowest BCUT2D eigenvalue weighted by Crippen LogP contribution is -2.24. The standard InChI is InChI=1S/C12H12ClN3O/c1-2-3-5-15-12(17)9-7-8-4-6-14-11(13)10(8)16-9/h2,4,6-7,16H,1,3,5H2,(H,15,17). The molecule has 0 aliphatic carbocycles. The molecule has 0 aliphatic rings. The zero-order valence-electron chi connectivity index (χ0n) is 9.16. The van der Waals surface area contributed by atoms with Crippen molar-refractivity contribution in [3.8, 4) is 0 Å². The Hall–Kier alpha value is -1.81. The lowest BCUT2D eigenvalue weighted by Gasteiger charge is -2.00. The van der Waals surface area contributed by atoms with Gasteiger partial charge in [-0.05, 0) is 18.6 Å². The van der Waals surface area contributed by atoms with Crippen molar-refractivity contribution in [2.75, 3.05) is 6.54 Å². The minimum Gasteiger partial charge on any atom is -0.350 e. The van der Waals surface area contributed by atoms with E-state index in [-0.39, 0.29) is 5.91 Å². The van der Waals surface area contributed by atoms with Gasteiger partial charge in [-0.15, -0.1) is 6.58 Å². The van der Waals surface area contributed by atoms with Gasteiger partial charge in [-0.25, -0.2) is 4.98 Å². The average Bonchev–Trinajstić information content (AvgIpc) is 2.75. The molecule has 0 spiro atoms. The Morgan fingerprint density at radius 1 is 1.65 bits per heavy atom. The number of amides is 1. The third-order valence-electron chi connectivity index (χ3n) is 2.38. The van der Waals surface area contributed by atoms with Crippen LogP contribution in [0.5, 0.6) is 0 Å². The highest BCUT2D eigenvalue weighted by atomic mass is 35.5. The lowest BCUT2D eigenvalue weighted by molar-refractivity contribution is 0.0950. The van der Waals surface area contributed by atoms with Gasteiger partial charge in [-0.3, -0.25) is 4.79 Å². The minimum absolute atomic E-state index is 0.154. The first-order valence-electron chi connectivity index (χ1n) is 5.24. The van der Waals surface area contributed by atoms with Gasteiger partial charge in [0.05, 0.1) is 5.52 Å². The second-order valence-electron chi connectivity index (χ2n) is 3.58. The van der Waals surface area contributed by atoms with Crippen LogP contribution >= 0.6 is 11.6 Å². The summed E-state index contributed by atoms with van der Waals surface area (Å²) in [5, 5.41) is 4.02. The van der Waals surface area contributed by atoms with E-state index in [1.54, 1.807) is 24.4 Å². The molecule has 1 amide bonds. The van der Waals surface area contributed by atoms with E-state index in [1.807, 2.05) is 0 Å². The summed E-state index contributed by atoms with van der Waals surface area (Å²) < 4.78 is 0. The number of H-pyrrole nitrogens is 1. The van der Waals surface area contributed by atoms with Gasteiger partial charge in [0.25, 0.3) is 5.91 Å². The van der Waals surface area contributed by atoms with Crippen LogP contribution in [-0.4, -0.2) is 22.4 Å². The van der Waals surface area contributed by atoms with Crippen molar-refractivity contribution >= 4 is 28.4 Å². The van der Waals surface area contributed by atoms with E-state index in [0.717, 1.165) is 11.8 Å². The smallest absolute Gasteiger partial charge is 0.267 e. The van der Waals surface area contributed by atoms with E-state index < -0.39 is 0 Å². The van der Waals surface area contributed by atoms with Gasteiger partial charge in [-0.1, -0.05) is 17.7 Å². The first-order chi connectivity index (χ1) is 8.22. The Morgan fingerprint density at radius 2 is 2.47 bits per heavy atom. The van der Waals surface area contributed by atoms with Crippen LogP contribution in [0.3, 0.4) is 0 Å². The van der Waals surface area contributed by atoms with Gasteiger partial charge in [0, 0.05) is 18.1 Å². The molecular formula is C12H12ClN3O. The van der Waals surface area contributed by atoms with E-state index in [4.69, 9.17) is 11.6 Å². The van der Waals surface area contributed by atoms with Crippen molar-refractivity contribution in [3.05, 3.63) is 41.8 Å². The van der Waals surface area contributed by atoms with Crippen LogP contribution in [0, 0.1) is 0 Å². The van der Waals surface area contributed by atoms with Crippen LogP contribution in [0.1, 0.15) is 16.9 Å². The summed E-state index contributed by atoms with van der Waals surface area (Å²) in [6, 6.07) is 3.56. The van der Waals surface area contributed by atoms with E-state index in [0.29, 0.717) is 22.9 Å². The van der Waals surface area contributed by atoms with Gasteiger partial charge < -0.3 is 10.3 Å². The second kappa shape index (κ2) is 5.01. The fourth-order valence-electron chi connectivity index (χ4n) is 1.53. The Balaban J connectivity index is 2.21. The molecule has 0 bridgehead atoms. The first-order valence-corrected chi connectivity index (χ1v) is 5.62. The molecular weight excluding hydrogens is 238 g/mol. The summed E-state index contributed by atoms with van der Waals surface area (Å²) in [5.74, 6) is -0.154. The fraction of sp³-hybridized carbons (Fsp3) is 0.167. The molecule has 0 fully saturated rings. The van der Waals surface area contributed by atoms with Crippen molar-refractivity contribution in [1.29, 1.82) is 0 Å². The minimum atomic E-state index is -0.154. The number of carbonyl (C=O) groups is 1. The molecule has 0 saturated carbocycles. The molecule has 88 valence electrons. The third-order valence-corrected chi connectivity index (χ3v) is 2.66. The summed E-state index contributed by atoms with van der Waals surface area (Å²) >= 11 is 5.91. The predicted molar refractivity (Wildman–Crippen MR) is 68.3 cm³/mol. The highest BCUT2D eigenvalue weighted by molar-refractivity contribution is 6.33. The second-order valence-corrected chi connectivity index (χ2v) is 3.94. The summed E-state index contributed by atoms with van der Waals surface area (Å²) in [6.07, 6.45) is 4.11. The van der Waals surface area contributed by atoms with Crippen molar-refractivity contribution in [2.24, 2.45) is 0 Å². The van der Waals surface area contributed by atoms with E-state index in [2.05, 4.69) is 21.9 Å². The van der Waals surface area contributed by atoms with Gasteiger partial charge >= 0.3 is 0 Å². The van der Waals surface area contributed by atoms with Crippen LogP contribution in [0.2, 0.25) is 5.15 Å². The predicted octanol–water partition coefficient (Wildman–Crippen LogP) is 2.52. The molecule has 2 rings (SSSR count). The molecule has 2 aromatic rings. The number of hydrogen-bond donors (Lipinski definition) is 2. The Morgan fingerprint density at radius 3 is 3.18 bits per heavy atom. The number of rotatable bonds is 4. The number of fused-ring (bicyclic) bond motifs is 1. The zero-order valence-corrected chi connectivity index (χ0v) is 9.92.